The van der Waals surface area contributed by atoms with Crippen LogP contribution in [0.3, 0.4) is 0 Å². The van der Waals surface area contributed by atoms with E-state index in [1.54, 1.807) is 12.1 Å². The minimum atomic E-state index is -0.851. The van der Waals surface area contributed by atoms with Gasteiger partial charge in [0.05, 0.1) is 37.6 Å². The van der Waals surface area contributed by atoms with Crippen LogP contribution >= 0.6 is 0 Å². The molecule has 7 heteroatoms. The smallest absolute Gasteiger partial charge is 0.313 e. The van der Waals surface area contributed by atoms with Gasteiger partial charge >= 0.3 is 5.97 Å². The van der Waals surface area contributed by atoms with Crippen LogP contribution in [0.1, 0.15) is 31.0 Å². The van der Waals surface area contributed by atoms with Gasteiger partial charge in [0, 0.05) is 23.2 Å². The highest BCUT2D eigenvalue weighted by molar-refractivity contribution is 5.91. The van der Waals surface area contributed by atoms with Crippen LogP contribution in [-0.2, 0) is 10.2 Å². The van der Waals surface area contributed by atoms with Crippen LogP contribution in [0.5, 0.6) is 11.5 Å². The number of anilines is 2. The van der Waals surface area contributed by atoms with Gasteiger partial charge in [-0.05, 0) is 35.9 Å². The van der Waals surface area contributed by atoms with Crippen molar-refractivity contribution in [2.75, 3.05) is 30.6 Å². The van der Waals surface area contributed by atoms with Gasteiger partial charge in [-0.3, -0.25) is 9.80 Å². The van der Waals surface area contributed by atoms with E-state index in [4.69, 9.17) is 9.47 Å². The Bertz CT molecular complexity index is 1030. The van der Waals surface area contributed by atoms with Gasteiger partial charge in [0.15, 0.2) is 0 Å². The standard InChI is InChI=1S/C23H25N3O4/c1-23(2)15-9-14(26-11-13(10-24-26)22(27)28)7-8-17(15)25-21-16(23)12-30-19-6-4-5-18(29-3)20(19)21/h4-10,13,16,21,25H,11-12H2,1-3H3,(H,27,28)/t13?,16-,21-/m0/s1. The molecule has 3 heterocycles. The summed E-state index contributed by atoms with van der Waals surface area (Å²) in [4.78, 5) is 11.3. The van der Waals surface area contributed by atoms with E-state index in [1.165, 1.54) is 11.8 Å². The number of fused-ring (bicyclic) bond motifs is 4. The molecule has 0 bridgehead atoms. The van der Waals surface area contributed by atoms with Gasteiger partial charge < -0.3 is 19.9 Å². The Labute approximate surface area is 175 Å². The highest BCUT2D eigenvalue weighted by atomic mass is 16.5. The lowest BCUT2D eigenvalue weighted by molar-refractivity contribution is -0.138. The molecule has 0 saturated heterocycles. The molecule has 156 valence electrons. The normalized spacial score (nSPS) is 25.4. The fraction of sp³-hybridized carbons (Fsp3) is 0.391. The summed E-state index contributed by atoms with van der Waals surface area (Å²) < 4.78 is 11.8. The zero-order valence-corrected chi connectivity index (χ0v) is 17.3. The molecule has 0 aromatic heterocycles. The van der Waals surface area contributed by atoms with E-state index >= 15 is 0 Å². The lowest BCUT2D eigenvalue weighted by Crippen LogP contribution is -2.46. The first-order chi connectivity index (χ1) is 14.4. The Morgan fingerprint density at radius 3 is 2.90 bits per heavy atom. The summed E-state index contributed by atoms with van der Waals surface area (Å²) in [6.45, 7) is 5.44. The minimum Gasteiger partial charge on any atom is -0.496 e. The third kappa shape index (κ3) is 2.72. The van der Waals surface area contributed by atoms with Crippen molar-refractivity contribution in [3.8, 4) is 11.5 Å². The second-order valence-electron chi connectivity index (χ2n) is 8.65. The second kappa shape index (κ2) is 6.65. The SMILES string of the molecule is COc1cccc2c1[C@H]1Nc3ccc(N4CC(C(=O)O)C=N4)cc3C(C)(C)[C@H]1CO2. The van der Waals surface area contributed by atoms with Crippen LogP contribution in [0.15, 0.2) is 41.5 Å². The molecule has 0 amide bonds. The molecule has 30 heavy (non-hydrogen) atoms. The highest BCUT2D eigenvalue weighted by Gasteiger charge is 2.47. The Kier molecular flexibility index (Phi) is 4.17. The van der Waals surface area contributed by atoms with Crippen molar-refractivity contribution in [1.29, 1.82) is 0 Å². The molecular weight excluding hydrogens is 382 g/mol. The number of hydrazone groups is 1. The van der Waals surface area contributed by atoms with Gasteiger partial charge in [0.2, 0.25) is 0 Å². The highest BCUT2D eigenvalue weighted by Crippen LogP contribution is 2.54. The van der Waals surface area contributed by atoms with Gasteiger partial charge in [-0.25, -0.2) is 0 Å². The number of hydrogen-bond donors (Lipinski definition) is 2. The molecule has 0 fully saturated rings. The molecule has 1 unspecified atom stereocenters. The van der Waals surface area contributed by atoms with Crippen molar-refractivity contribution in [1.82, 2.24) is 0 Å². The number of hydrogen-bond acceptors (Lipinski definition) is 6. The molecule has 0 aliphatic carbocycles. The minimum absolute atomic E-state index is 0.0828. The van der Waals surface area contributed by atoms with Crippen LogP contribution in [-0.4, -0.2) is 37.6 Å². The van der Waals surface area contributed by atoms with E-state index in [0.717, 1.165) is 28.4 Å². The van der Waals surface area contributed by atoms with E-state index in [9.17, 15) is 9.90 Å². The number of rotatable bonds is 3. The Morgan fingerprint density at radius 1 is 1.33 bits per heavy atom. The molecule has 2 N–H and O–H groups in total. The van der Waals surface area contributed by atoms with Crippen molar-refractivity contribution in [2.45, 2.75) is 25.3 Å². The van der Waals surface area contributed by atoms with Crippen LogP contribution in [0.2, 0.25) is 0 Å². The summed E-state index contributed by atoms with van der Waals surface area (Å²) in [5.74, 6) is 0.475. The van der Waals surface area contributed by atoms with Crippen LogP contribution < -0.4 is 19.8 Å². The average molecular weight is 407 g/mol. The lowest BCUT2D eigenvalue weighted by atomic mass is 9.65. The fourth-order valence-electron chi connectivity index (χ4n) is 4.88. The quantitative estimate of drug-likeness (QED) is 0.808. The van der Waals surface area contributed by atoms with E-state index in [1.807, 2.05) is 24.3 Å². The van der Waals surface area contributed by atoms with E-state index in [0.29, 0.717) is 13.2 Å². The van der Waals surface area contributed by atoms with Gasteiger partial charge in [-0.15, -0.1) is 0 Å². The summed E-state index contributed by atoms with van der Waals surface area (Å²) in [7, 11) is 1.69. The van der Waals surface area contributed by atoms with Crippen molar-refractivity contribution in [3.63, 3.8) is 0 Å². The Morgan fingerprint density at radius 2 is 2.17 bits per heavy atom. The summed E-state index contributed by atoms with van der Waals surface area (Å²) in [6.07, 6.45) is 1.50. The molecule has 5 rings (SSSR count). The molecule has 3 aliphatic rings. The summed E-state index contributed by atoms with van der Waals surface area (Å²) in [6, 6.07) is 12.2. The third-order valence-electron chi connectivity index (χ3n) is 6.68. The van der Waals surface area contributed by atoms with E-state index in [2.05, 4.69) is 36.4 Å². The first-order valence-electron chi connectivity index (χ1n) is 10.2. The predicted molar refractivity (Wildman–Crippen MR) is 115 cm³/mol. The molecule has 2 aromatic rings. The summed E-state index contributed by atoms with van der Waals surface area (Å²) in [5.41, 5.74) is 4.04. The lowest BCUT2D eigenvalue weighted by Gasteiger charge is -2.49. The summed E-state index contributed by atoms with van der Waals surface area (Å²) in [5, 5.41) is 19.0. The number of carboxylic acids is 1. The topological polar surface area (TPSA) is 83.4 Å². The monoisotopic (exact) mass is 407 g/mol. The first-order valence-corrected chi connectivity index (χ1v) is 10.2. The summed E-state index contributed by atoms with van der Waals surface area (Å²) >= 11 is 0. The molecule has 0 radical (unpaired) electrons. The van der Waals surface area contributed by atoms with E-state index < -0.39 is 11.9 Å². The maximum atomic E-state index is 11.3. The van der Waals surface area contributed by atoms with Gasteiger partial charge in [-0.1, -0.05) is 19.9 Å². The number of aliphatic carboxylic acids is 1. The molecule has 3 aliphatic heterocycles. The van der Waals surface area contributed by atoms with Gasteiger partial charge in [0.1, 0.15) is 17.4 Å². The van der Waals surface area contributed by atoms with Crippen molar-refractivity contribution in [2.24, 2.45) is 16.9 Å². The van der Waals surface area contributed by atoms with Crippen molar-refractivity contribution >= 4 is 23.6 Å². The molecule has 3 atom stereocenters. The maximum absolute atomic E-state index is 11.3. The number of carbonyl (C=O) groups is 1. The third-order valence-corrected chi connectivity index (χ3v) is 6.68. The van der Waals surface area contributed by atoms with E-state index in [-0.39, 0.29) is 17.4 Å². The zero-order chi connectivity index (χ0) is 21.0. The second-order valence-corrected chi connectivity index (χ2v) is 8.65. The van der Waals surface area contributed by atoms with Gasteiger partial charge in [-0.2, -0.15) is 5.10 Å². The average Bonchev–Trinajstić information content (AvgIpc) is 3.23. The maximum Gasteiger partial charge on any atom is 0.313 e. The Balaban J connectivity index is 1.53. The number of methoxy groups -OCH3 is 1. The molecule has 0 spiro atoms. The van der Waals surface area contributed by atoms with Crippen LogP contribution in [0, 0.1) is 11.8 Å². The Hall–Kier alpha value is -3.22. The number of nitrogens with zero attached hydrogens (tertiary/aromatic N) is 2. The predicted octanol–water partition coefficient (Wildman–Crippen LogP) is 3.65. The van der Waals surface area contributed by atoms with Crippen molar-refractivity contribution < 1.29 is 19.4 Å². The number of nitrogens with one attached hydrogen (secondary N) is 1. The molecule has 0 saturated carbocycles. The zero-order valence-electron chi connectivity index (χ0n) is 17.3. The largest absolute Gasteiger partial charge is 0.496 e. The number of benzene rings is 2. The number of carboxylic acid groups (broad SMARTS) is 1. The molecule has 7 nitrogen and oxygen atoms in total. The fourth-order valence-corrected chi connectivity index (χ4v) is 4.88. The van der Waals surface area contributed by atoms with Crippen molar-refractivity contribution in [3.05, 3.63) is 47.5 Å². The molecular formula is C23H25N3O4. The van der Waals surface area contributed by atoms with Crippen LogP contribution in [0.4, 0.5) is 11.4 Å². The van der Waals surface area contributed by atoms with Crippen LogP contribution in [0.25, 0.3) is 0 Å². The molecule has 2 aromatic carbocycles. The van der Waals surface area contributed by atoms with Gasteiger partial charge in [0.25, 0.3) is 0 Å². The number of ether oxygens (including phenoxy) is 2. The first kappa shape index (κ1) is 18.8.